The van der Waals surface area contributed by atoms with E-state index in [-0.39, 0.29) is 11.6 Å². The third-order valence-corrected chi connectivity index (χ3v) is 4.32. The summed E-state index contributed by atoms with van der Waals surface area (Å²) in [7, 11) is 0. The Balaban J connectivity index is 1.44. The number of carbonyl (C=O) groups is 1. The molecule has 1 aromatic carbocycles. The fourth-order valence-electron chi connectivity index (χ4n) is 2.01. The van der Waals surface area contributed by atoms with Crippen LogP contribution in [-0.4, -0.2) is 31.7 Å². The van der Waals surface area contributed by atoms with E-state index < -0.39 is 0 Å². The Morgan fingerprint density at radius 2 is 2.10 bits per heavy atom. The molecule has 0 spiro atoms. The Morgan fingerprint density at radius 3 is 2.81 bits per heavy atom. The Labute approximate surface area is 125 Å². The Morgan fingerprint density at radius 1 is 1.33 bits per heavy atom. The van der Waals surface area contributed by atoms with Gasteiger partial charge in [-0.1, -0.05) is 11.8 Å². The maximum Gasteiger partial charge on any atom is 0.209 e. The molecular formula is C14H15FN4OS. The fourth-order valence-corrected chi connectivity index (χ4v) is 2.89. The molecule has 0 unspecified atom stereocenters. The second-order valence-electron chi connectivity index (χ2n) is 5.02. The lowest BCUT2D eigenvalue weighted by molar-refractivity contribution is 0.0982. The Bertz CT molecular complexity index is 624. The number of thioether (sulfide) groups is 1. The minimum absolute atomic E-state index is 0.0392. The monoisotopic (exact) mass is 306 g/mol. The van der Waals surface area contributed by atoms with Crippen molar-refractivity contribution in [3.05, 3.63) is 35.6 Å². The van der Waals surface area contributed by atoms with Gasteiger partial charge in [-0.2, -0.15) is 0 Å². The van der Waals surface area contributed by atoms with Crippen molar-refractivity contribution in [2.45, 2.75) is 36.9 Å². The molecule has 0 saturated heterocycles. The summed E-state index contributed by atoms with van der Waals surface area (Å²) < 4.78 is 14.7. The highest BCUT2D eigenvalue weighted by Gasteiger charge is 2.27. The minimum Gasteiger partial charge on any atom is -0.294 e. The number of halogens is 1. The van der Waals surface area contributed by atoms with Crippen LogP contribution in [0.15, 0.2) is 29.4 Å². The van der Waals surface area contributed by atoms with Crippen molar-refractivity contribution in [3.8, 4) is 0 Å². The van der Waals surface area contributed by atoms with Crippen molar-refractivity contribution in [3.63, 3.8) is 0 Å². The van der Waals surface area contributed by atoms with E-state index in [2.05, 4.69) is 15.5 Å². The highest BCUT2D eigenvalue weighted by Crippen LogP contribution is 2.36. The summed E-state index contributed by atoms with van der Waals surface area (Å²) in [4.78, 5) is 11.9. The van der Waals surface area contributed by atoms with Gasteiger partial charge in [-0.3, -0.25) is 4.79 Å². The molecule has 1 aliphatic rings. The van der Waals surface area contributed by atoms with E-state index in [1.165, 1.54) is 24.3 Å². The fraction of sp³-hybridized carbons (Fsp3) is 0.429. The maximum absolute atomic E-state index is 12.8. The molecule has 0 amide bonds. The van der Waals surface area contributed by atoms with Gasteiger partial charge in [0.1, 0.15) is 5.82 Å². The summed E-state index contributed by atoms with van der Waals surface area (Å²) in [5.74, 6) is 0.506. The normalized spacial score (nSPS) is 14.3. The number of hydrogen-bond donors (Lipinski definition) is 0. The summed E-state index contributed by atoms with van der Waals surface area (Å²) in [5, 5.41) is 12.5. The summed E-state index contributed by atoms with van der Waals surface area (Å²) in [6.45, 7) is 0. The Kier molecular flexibility index (Phi) is 4.28. The third-order valence-electron chi connectivity index (χ3n) is 3.30. The second-order valence-corrected chi connectivity index (χ2v) is 6.08. The number of ketones is 1. The summed E-state index contributed by atoms with van der Waals surface area (Å²) >= 11 is 1.58. The topological polar surface area (TPSA) is 60.7 Å². The highest BCUT2D eigenvalue weighted by atomic mass is 32.2. The first-order valence-electron chi connectivity index (χ1n) is 6.93. The quantitative estimate of drug-likeness (QED) is 0.447. The molecule has 110 valence electrons. The van der Waals surface area contributed by atoms with Gasteiger partial charge in [0.2, 0.25) is 5.16 Å². The number of tetrazole rings is 1. The van der Waals surface area contributed by atoms with Crippen molar-refractivity contribution >= 4 is 17.5 Å². The van der Waals surface area contributed by atoms with Crippen LogP contribution in [0, 0.1) is 5.82 Å². The predicted octanol–water partition coefficient (Wildman–Crippen LogP) is 2.90. The van der Waals surface area contributed by atoms with Crippen LogP contribution in [0.3, 0.4) is 0 Å². The van der Waals surface area contributed by atoms with Gasteiger partial charge < -0.3 is 0 Å². The first kappa shape index (κ1) is 14.2. The second kappa shape index (κ2) is 6.34. The molecule has 0 aliphatic heterocycles. The zero-order valence-electron chi connectivity index (χ0n) is 11.4. The van der Waals surface area contributed by atoms with Crippen LogP contribution in [0.25, 0.3) is 0 Å². The van der Waals surface area contributed by atoms with Gasteiger partial charge in [0.05, 0.1) is 6.04 Å². The van der Waals surface area contributed by atoms with Gasteiger partial charge in [-0.25, -0.2) is 9.07 Å². The van der Waals surface area contributed by atoms with Crippen LogP contribution >= 0.6 is 11.8 Å². The molecule has 1 fully saturated rings. The van der Waals surface area contributed by atoms with E-state index in [1.807, 2.05) is 4.68 Å². The van der Waals surface area contributed by atoms with Crippen LogP contribution in [0.1, 0.15) is 42.1 Å². The maximum atomic E-state index is 12.8. The van der Waals surface area contributed by atoms with Gasteiger partial charge in [0, 0.05) is 17.7 Å². The smallest absolute Gasteiger partial charge is 0.209 e. The number of benzene rings is 1. The van der Waals surface area contributed by atoms with E-state index in [1.54, 1.807) is 11.8 Å². The summed E-state index contributed by atoms with van der Waals surface area (Å²) in [6.07, 6.45) is 3.48. The van der Waals surface area contributed by atoms with E-state index in [4.69, 9.17) is 0 Å². The first-order chi connectivity index (χ1) is 10.2. The number of Topliss-reactive ketones (excluding diaryl/α,β-unsaturated/α-hetero) is 1. The van der Waals surface area contributed by atoms with Gasteiger partial charge in [0.25, 0.3) is 0 Å². The number of nitrogens with zero attached hydrogens (tertiary/aromatic N) is 4. The van der Waals surface area contributed by atoms with Crippen molar-refractivity contribution < 1.29 is 9.18 Å². The minimum atomic E-state index is -0.325. The molecule has 2 aromatic rings. The molecule has 7 heteroatoms. The number of carbonyl (C=O) groups excluding carboxylic acids is 1. The van der Waals surface area contributed by atoms with Crippen LogP contribution in [-0.2, 0) is 0 Å². The Hall–Kier alpha value is -1.76. The van der Waals surface area contributed by atoms with Crippen LogP contribution in [0.4, 0.5) is 4.39 Å². The SMILES string of the molecule is O=C(CCCSc1nnnn1C1CC1)c1ccc(F)cc1. The number of rotatable bonds is 7. The van der Waals surface area contributed by atoms with Gasteiger partial charge in [0.15, 0.2) is 5.78 Å². The third kappa shape index (κ3) is 3.66. The van der Waals surface area contributed by atoms with E-state index in [0.717, 1.165) is 30.2 Å². The van der Waals surface area contributed by atoms with Crippen LogP contribution < -0.4 is 0 Å². The highest BCUT2D eigenvalue weighted by molar-refractivity contribution is 7.99. The average Bonchev–Trinajstić information content (AvgIpc) is 3.23. The van der Waals surface area contributed by atoms with Gasteiger partial charge in [-0.05, 0) is 54.0 Å². The summed E-state index contributed by atoms with van der Waals surface area (Å²) in [5.41, 5.74) is 0.559. The van der Waals surface area contributed by atoms with Gasteiger partial charge in [-0.15, -0.1) is 5.10 Å². The lowest BCUT2D eigenvalue weighted by Crippen LogP contribution is -2.01. The molecule has 0 bridgehead atoms. The van der Waals surface area contributed by atoms with Gasteiger partial charge >= 0.3 is 0 Å². The van der Waals surface area contributed by atoms with Crippen LogP contribution in [0.2, 0.25) is 0 Å². The van der Waals surface area contributed by atoms with Crippen LogP contribution in [0.5, 0.6) is 0 Å². The summed E-state index contributed by atoms with van der Waals surface area (Å²) in [6, 6.07) is 6.14. The van der Waals surface area contributed by atoms with Crippen molar-refractivity contribution in [1.29, 1.82) is 0 Å². The van der Waals surface area contributed by atoms with E-state index in [0.29, 0.717) is 18.0 Å². The van der Waals surface area contributed by atoms with E-state index in [9.17, 15) is 9.18 Å². The molecule has 1 heterocycles. The van der Waals surface area contributed by atoms with Crippen molar-refractivity contribution in [2.24, 2.45) is 0 Å². The molecule has 1 aliphatic carbocycles. The molecule has 21 heavy (non-hydrogen) atoms. The van der Waals surface area contributed by atoms with Crippen molar-refractivity contribution in [1.82, 2.24) is 20.2 Å². The molecule has 3 rings (SSSR count). The van der Waals surface area contributed by atoms with E-state index >= 15 is 0 Å². The zero-order chi connectivity index (χ0) is 14.7. The number of hydrogen-bond acceptors (Lipinski definition) is 5. The predicted molar refractivity (Wildman–Crippen MR) is 76.8 cm³/mol. The molecular weight excluding hydrogens is 291 g/mol. The lowest BCUT2D eigenvalue weighted by Gasteiger charge is -2.03. The molecule has 1 aromatic heterocycles. The first-order valence-corrected chi connectivity index (χ1v) is 7.92. The number of aromatic nitrogens is 4. The largest absolute Gasteiger partial charge is 0.294 e. The van der Waals surface area contributed by atoms with Crippen molar-refractivity contribution in [2.75, 3.05) is 5.75 Å². The molecule has 5 nitrogen and oxygen atoms in total. The molecule has 0 N–H and O–H groups in total. The molecule has 1 saturated carbocycles. The average molecular weight is 306 g/mol. The standard InChI is InChI=1S/C14H15FN4OS/c15-11-5-3-10(4-6-11)13(20)2-1-9-21-14-16-17-18-19(14)12-7-8-12/h3-6,12H,1-2,7-9H2. The lowest BCUT2D eigenvalue weighted by atomic mass is 10.1. The molecule has 0 radical (unpaired) electrons. The molecule has 0 atom stereocenters. The zero-order valence-corrected chi connectivity index (χ0v) is 12.2.